The van der Waals surface area contributed by atoms with E-state index in [0.29, 0.717) is 16.1 Å². The van der Waals surface area contributed by atoms with Crippen LogP contribution in [0.25, 0.3) is 0 Å². The van der Waals surface area contributed by atoms with Gasteiger partial charge in [0.05, 0.1) is 22.8 Å². The Morgan fingerprint density at radius 3 is 1.84 bits per heavy atom. The van der Waals surface area contributed by atoms with Crippen LogP contribution < -0.4 is 0 Å². The second kappa shape index (κ2) is 15.8. The Morgan fingerprint density at radius 1 is 0.750 bits per heavy atom. The minimum Gasteiger partial charge on any atom is -0.374 e. The molecule has 0 atom stereocenters. The summed E-state index contributed by atoms with van der Waals surface area (Å²) in [6, 6.07) is 14.7. The molecule has 2 aromatic rings. The van der Waals surface area contributed by atoms with E-state index in [9.17, 15) is 0 Å². The fraction of sp³-hybridized carbons (Fsp3) is 0.586. The van der Waals surface area contributed by atoms with E-state index >= 15 is 0 Å². The number of rotatable bonds is 11. The van der Waals surface area contributed by atoms with Crippen LogP contribution in [0.15, 0.2) is 42.5 Å². The van der Waals surface area contributed by atoms with Crippen LogP contribution in [0.1, 0.15) is 103 Å². The Kier molecular flexibility index (Phi) is 14.3. The van der Waals surface area contributed by atoms with Gasteiger partial charge in [-0.25, -0.2) is 0 Å². The Balaban J connectivity index is 0.000000343. The Labute approximate surface area is 207 Å². The van der Waals surface area contributed by atoms with E-state index in [1.54, 1.807) is 0 Å². The van der Waals surface area contributed by atoms with Crippen molar-refractivity contribution in [2.75, 3.05) is 0 Å². The number of hydrogen-bond acceptors (Lipinski definition) is 1. The summed E-state index contributed by atoms with van der Waals surface area (Å²) in [7, 11) is 0. The highest BCUT2D eigenvalue weighted by atomic mass is 35.5. The summed E-state index contributed by atoms with van der Waals surface area (Å²) in [6.45, 7) is 14.1. The van der Waals surface area contributed by atoms with Crippen molar-refractivity contribution in [2.24, 2.45) is 0 Å². The average molecular weight is 480 g/mol. The zero-order valence-corrected chi connectivity index (χ0v) is 22.7. The van der Waals surface area contributed by atoms with Gasteiger partial charge in [0.1, 0.15) is 0 Å². The highest BCUT2D eigenvalue weighted by Crippen LogP contribution is 2.24. The number of unbranched alkanes of at least 4 members (excludes halogenated alkanes) is 2. The minimum atomic E-state index is 0.229. The predicted octanol–water partition coefficient (Wildman–Crippen LogP) is 10.2. The van der Waals surface area contributed by atoms with Crippen molar-refractivity contribution in [3.8, 4) is 0 Å². The quantitative estimate of drug-likeness (QED) is 0.291. The SMILES string of the molecule is CCCC(CCC)OCc1ccc(C(C)(C)C)cc1.CCCCCc1ccc(Cl)c(Cl)c1. The standard InChI is InChI=1S/C18H30O.C11H14Cl2/c1-6-8-17(9-7-2)19-14-15-10-12-16(13-11-15)18(3,4)5;1-2-3-4-5-9-6-7-10(12)11(13)8-9/h10-13,17H,6-9,14H2,1-5H3;6-8H,2-5H2,1H3. The van der Waals surface area contributed by atoms with Crippen molar-refractivity contribution in [1.29, 1.82) is 0 Å². The molecule has 2 rings (SSSR count). The number of hydrogen-bond donors (Lipinski definition) is 0. The lowest BCUT2D eigenvalue weighted by Gasteiger charge is -2.20. The lowest BCUT2D eigenvalue weighted by molar-refractivity contribution is 0.0285. The molecule has 0 spiro atoms. The summed E-state index contributed by atoms with van der Waals surface area (Å²) in [6.07, 6.45) is 10.0. The van der Waals surface area contributed by atoms with Crippen molar-refractivity contribution in [2.45, 2.75) is 111 Å². The molecular weight excluding hydrogens is 435 g/mol. The van der Waals surface area contributed by atoms with Gasteiger partial charge >= 0.3 is 0 Å². The van der Waals surface area contributed by atoms with Crippen molar-refractivity contribution < 1.29 is 4.74 Å². The first-order chi connectivity index (χ1) is 15.2. The summed E-state index contributed by atoms with van der Waals surface area (Å²) in [5, 5.41) is 1.30. The van der Waals surface area contributed by atoms with Gasteiger partial charge in [-0.2, -0.15) is 0 Å². The topological polar surface area (TPSA) is 9.23 Å². The van der Waals surface area contributed by atoms with E-state index in [1.165, 1.54) is 61.6 Å². The highest BCUT2D eigenvalue weighted by molar-refractivity contribution is 6.42. The number of halogens is 2. The first-order valence-corrected chi connectivity index (χ1v) is 13.1. The van der Waals surface area contributed by atoms with Crippen LogP contribution in [0.3, 0.4) is 0 Å². The largest absolute Gasteiger partial charge is 0.374 e. The maximum atomic E-state index is 6.03. The van der Waals surface area contributed by atoms with Crippen LogP contribution in [0.2, 0.25) is 10.0 Å². The van der Waals surface area contributed by atoms with Crippen LogP contribution in [0, 0.1) is 0 Å². The first kappa shape index (κ1) is 29.0. The molecule has 0 heterocycles. The lowest BCUT2D eigenvalue weighted by Crippen LogP contribution is -2.13. The monoisotopic (exact) mass is 478 g/mol. The van der Waals surface area contributed by atoms with Crippen LogP contribution in [-0.4, -0.2) is 6.10 Å². The Bertz CT molecular complexity index is 741. The highest BCUT2D eigenvalue weighted by Gasteiger charge is 2.13. The van der Waals surface area contributed by atoms with Gasteiger partial charge in [0.15, 0.2) is 0 Å². The molecule has 0 bridgehead atoms. The second-order valence-electron chi connectivity index (χ2n) is 9.66. The molecule has 0 fully saturated rings. The van der Waals surface area contributed by atoms with Crippen LogP contribution in [0.4, 0.5) is 0 Å². The van der Waals surface area contributed by atoms with Crippen molar-refractivity contribution in [3.05, 3.63) is 69.2 Å². The molecule has 2 aromatic carbocycles. The summed E-state index contributed by atoms with van der Waals surface area (Å²) in [4.78, 5) is 0. The molecule has 0 aliphatic rings. The molecule has 180 valence electrons. The fourth-order valence-corrected chi connectivity index (χ4v) is 3.86. The smallest absolute Gasteiger partial charge is 0.0720 e. The molecule has 0 aliphatic heterocycles. The van der Waals surface area contributed by atoms with E-state index in [-0.39, 0.29) is 5.41 Å². The van der Waals surface area contributed by atoms with Gasteiger partial charge in [-0.3, -0.25) is 0 Å². The third-order valence-electron chi connectivity index (χ3n) is 5.58. The maximum Gasteiger partial charge on any atom is 0.0720 e. The minimum absolute atomic E-state index is 0.229. The van der Waals surface area contributed by atoms with Gasteiger partial charge in [0.2, 0.25) is 0 Å². The van der Waals surface area contributed by atoms with Gasteiger partial charge in [-0.1, -0.05) is 121 Å². The van der Waals surface area contributed by atoms with Gasteiger partial charge in [0, 0.05) is 0 Å². The molecule has 0 unspecified atom stereocenters. The molecular formula is C29H44Cl2O. The van der Waals surface area contributed by atoms with E-state index in [4.69, 9.17) is 27.9 Å². The number of benzene rings is 2. The number of aryl methyl sites for hydroxylation is 1. The molecule has 0 aromatic heterocycles. The van der Waals surface area contributed by atoms with E-state index in [2.05, 4.69) is 65.8 Å². The average Bonchev–Trinajstić information content (AvgIpc) is 2.75. The summed E-state index contributed by atoms with van der Waals surface area (Å²) >= 11 is 11.7. The van der Waals surface area contributed by atoms with Gasteiger partial charge in [-0.05, 0) is 59.9 Å². The molecule has 3 heteroatoms. The molecule has 0 aliphatic carbocycles. The summed E-state index contributed by atoms with van der Waals surface area (Å²) in [5.41, 5.74) is 4.18. The van der Waals surface area contributed by atoms with Crippen LogP contribution in [0.5, 0.6) is 0 Å². The molecule has 32 heavy (non-hydrogen) atoms. The third-order valence-corrected chi connectivity index (χ3v) is 6.32. The van der Waals surface area contributed by atoms with Gasteiger partial charge in [0.25, 0.3) is 0 Å². The molecule has 0 amide bonds. The van der Waals surface area contributed by atoms with E-state index < -0.39 is 0 Å². The molecule has 0 saturated heterocycles. The predicted molar refractivity (Wildman–Crippen MR) is 143 cm³/mol. The van der Waals surface area contributed by atoms with Crippen LogP contribution >= 0.6 is 23.2 Å². The normalized spacial score (nSPS) is 11.4. The third kappa shape index (κ3) is 11.7. The van der Waals surface area contributed by atoms with Crippen molar-refractivity contribution >= 4 is 23.2 Å². The first-order valence-electron chi connectivity index (χ1n) is 12.4. The maximum absolute atomic E-state index is 6.03. The van der Waals surface area contributed by atoms with Gasteiger partial charge in [-0.15, -0.1) is 0 Å². The van der Waals surface area contributed by atoms with Crippen molar-refractivity contribution in [1.82, 2.24) is 0 Å². The Hall–Kier alpha value is -1.02. The Morgan fingerprint density at radius 2 is 1.34 bits per heavy atom. The fourth-order valence-electron chi connectivity index (χ4n) is 3.54. The number of ether oxygens (including phenoxy) is 1. The van der Waals surface area contributed by atoms with E-state index in [1.807, 2.05) is 18.2 Å². The second-order valence-corrected chi connectivity index (χ2v) is 10.5. The summed E-state index contributed by atoms with van der Waals surface area (Å²) < 4.78 is 6.03. The molecule has 0 N–H and O–H groups in total. The molecule has 0 radical (unpaired) electrons. The molecule has 0 saturated carbocycles. The van der Waals surface area contributed by atoms with E-state index in [0.717, 1.165) is 13.0 Å². The van der Waals surface area contributed by atoms with Crippen LogP contribution in [-0.2, 0) is 23.2 Å². The lowest BCUT2D eigenvalue weighted by atomic mass is 9.87. The molecule has 1 nitrogen and oxygen atoms in total. The summed E-state index contributed by atoms with van der Waals surface area (Å²) in [5.74, 6) is 0. The van der Waals surface area contributed by atoms with Crippen molar-refractivity contribution in [3.63, 3.8) is 0 Å². The van der Waals surface area contributed by atoms with Gasteiger partial charge < -0.3 is 4.74 Å². The zero-order chi connectivity index (χ0) is 24.0. The zero-order valence-electron chi connectivity index (χ0n) is 21.1.